The predicted octanol–water partition coefficient (Wildman–Crippen LogP) is 1.25. The van der Waals surface area contributed by atoms with Gasteiger partial charge in [0.25, 0.3) is 0 Å². The molecule has 0 radical (unpaired) electrons. The van der Waals surface area contributed by atoms with Crippen LogP contribution in [0.15, 0.2) is 37.0 Å². The molecule has 0 aromatic heterocycles. The first-order chi connectivity index (χ1) is 6.74. The number of carbonyl (C=O) groups excluding carboxylic acids is 1. The molecule has 0 aliphatic rings. The van der Waals surface area contributed by atoms with Crippen LogP contribution in [0.2, 0.25) is 0 Å². The van der Waals surface area contributed by atoms with Gasteiger partial charge in [-0.3, -0.25) is 0 Å². The Balaban J connectivity index is 0. The smallest absolute Gasteiger partial charge is 0.407 e. The van der Waals surface area contributed by atoms with Crippen molar-refractivity contribution < 1.29 is 14.6 Å². The van der Waals surface area contributed by atoms with E-state index in [1.54, 1.807) is 18.2 Å². The lowest BCUT2D eigenvalue weighted by Crippen LogP contribution is -2.19. The Morgan fingerprint density at radius 2 is 2.07 bits per heavy atom. The fraction of sp³-hybridized carbons (Fsp3) is 0.300. The SMILES string of the molecule is C=C/C=C(\C=C)COC(=O)NC.CO. The summed E-state index contributed by atoms with van der Waals surface area (Å²) in [6.07, 6.45) is 4.51. The maximum atomic E-state index is 10.6. The minimum Gasteiger partial charge on any atom is -0.445 e. The Labute approximate surface area is 84.6 Å². The highest BCUT2D eigenvalue weighted by molar-refractivity contribution is 5.66. The molecule has 0 saturated heterocycles. The molecule has 0 aromatic rings. The van der Waals surface area contributed by atoms with Gasteiger partial charge in [-0.05, 0) is 5.57 Å². The van der Waals surface area contributed by atoms with Gasteiger partial charge in [0.05, 0.1) is 0 Å². The molecule has 80 valence electrons. The first-order valence-corrected chi connectivity index (χ1v) is 3.97. The van der Waals surface area contributed by atoms with Gasteiger partial charge in [0.1, 0.15) is 6.61 Å². The van der Waals surface area contributed by atoms with E-state index in [0.29, 0.717) is 0 Å². The number of hydrogen-bond acceptors (Lipinski definition) is 3. The molecule has 0 rings (SSSR count). The van der Waals surface area contributed by atoms with Crippen LogP contribution in [0.4, 0.5) is 4.79 Å². The zero-order valence-corrected chi connectivity index (χ0v) is 8.62. The maximum Gasteiger partial charge on any atom is 0.407 e. The normalized spacial score (nSPS) is 9.21. The third-order valence-corrected chi connectivity index (χ3v) is 1.17. The number of carbonyl (C=O) groups is 1. The van der Waals surface area contributed by atoms with Gasteiger partial charge in [-0.25, -0.2) is 4.79 Å². The van der Waals surface area contributed by atoms with Crippen LogP contribution in [0.1, 0.15) is 0 Å². The summed E-state index contributed by atoms with van der Waals surface area (Å²) in [6, 6.07) is 0. The van der Waals surface area contributed by atoms with Gasteiger partial charge < -0.3 is 15.2 Å². The van der Waals surface area contributed by atoms with Crippen molar-refractivity contribution in [2.75, 3.05) is 20.8 Å². The number of alkyl carbamates (subject to hydrolysis) is 1. The molecule has 0 bridgehead atoms. The van der Waals surface area contributed by atoms with Crippen molar-refractivity contribution in [3.63, 3.8) is 0 Å². The highest BCUT2D eigenvalue weighted by atomic mass is 16.5. The number of rotatable bonds is 4. The van der Waals surface area contributed by atoms with Crippen LogP contribution < -0.4 is 5.32 Å². The molecular formula is C10H17NO3. The summed E-state index contributed by atoms with van der Waals surface area (Å²) in [5.74, 6) is 0. The minimum absolute atomic E-state index is 0.217. The van der Waals surface area contributed by atoms with Crippen LogP contribution in [0.3, 0.4) is 0 Å². The fourth-order valence-electron chi connectivity index (χ4n) is 0.548. The van der Waals surface area contributed by atoms with E-state index in [0.717, 1.165) is 12.7 Å². The topological polar surface area (TPSA) is 58.6 Å². The van der Waals surface area contributed by atoms with Crippen molar-refractivity contribution in [3.05, 3.63) is 37.0 Å². The average molecular weight is 199 g/mol. The van der Waals surface area contributed by atoms with Gasteiger partial charge in [0.15, 0.2) is 0 Å². The first kappa shape index (κ1) is 14.9. The quantitative estimate of drug-likeness (QED) is 0.670. The van der Waals surface area contributed by atoms with Crippen LogP contribution in [0.5, 0.6) is 0 Å². The molecule has 0 aliphatic carbocycles. The van der Waals surface area contributed by atoms with Gasteiger partial charge in [-0.2, -0.15) is 0 Å². The van der Waals surface area contributed by atoms with Gasteiger partial charge in [0, 0.05) is 14.2 Å². The summed E-state index contributed by atoms with van der Waals surface area (Å²) in [5, 5.41) is 9.34. The van der Waals surface area contributed by atoms with Crippen LogP contribution in [-0.2, 0) is 4.74 Å². The van der Waals surface area contributed by atoms with Gasteiger partial charge >= 0.3 is 6.09 Å². The molecule has 14 heavy (non-hydrogen) atoms. The highest BCUT2D eigenvalue weighted by Gasteiger charge is 1.97. The minimum atomic E-state index is -0.452. The van der Waals surface area contributed by atoms with Crippen molar-refractivity contribution in [1.29, 1.82) is 0 Å². The standard InChI is InChI=1S/C9H13NO2.CH4O/c1-4-6-8(5-2)7-12-9(11)10-3;1-2/h4-6H,1-2,7H2,3H3,(H,10,11);2H,1H3/b8-6+;. The maximum absolute atomic E-state index is 10.6. The lowest BCUT2D eigenvalue weighted by atomic mass is 10.2. The van der Waals surface area contributed by atoms with E-state index in [2.05, 4.69) is 18.5 Å². The molecule has 0 aliphatic heterocycles. The molecule has 1 amide bonds. The molecule has 4 heteroatoms. The first-order valence-electron chi connectivity index (χ1n) is 3.97. The van der Waals surface area contributed by atoms with E-state index < -0.39 is 6.09 Å². The van der Waals surface area contributed by atoms with E-state index in [1.807, 2.05) is 0 Å². The van der Waals surface area contributed by atoms with E-state index in [9.17, 15) is 4.79 Å². The zero-order valence-electron chi connectivity index (χ0n) is 8.62. The van der Waals surface area contributed by atoms with Crippen LogP contribution in [-0.4, -0.2) is 32.0 Å². The zero-order chi connectivity index (χ0) is 11.4. The number of nitrogens with one attached hydrogen (secondary N) is 1. The van der Waals surface area contributed by atoms with Crippen molar-refractivity contribution in [2.45, 2.75) is 0 Å². The molecule has 0 saturated carbocycles. The summed E-state index contributed by atoms with van der Waals surface area (Å²) in [7, 11) is 2.51. The number of aliphatic hydroxyl groups is 1. The lowest BCUT2D eigenvalue weighted by Gasteiger charge is -2.03. The molecule has 2 N–H and O–H groups in total. The number of amides is 1. The van der Waals surface area contributed by atoms with Gasteiger partial charge in [-0.15, -0.1) is 0 Å². The van der Waals surface area contributed by atoms with Crippen LogP contribution >= 0.6 is 0 Å². The number of aliphatic hydroxyl groups excluding tert-OH is 1. The Morgan fingerprint density at radius 3 is 2.43 bits per heavy atom. The second kappa shape index (κ2) is 11.4. The van der Waals surface area contributed by atoms with Crippen molar-refractivity contribution >= 4 is 6.09 Å². The van der Waals surface area contributed by atoms with Crippen molar-refractivity contribution in [3.8, 4) is 0 Å². The summed E-state index contributed by atoms with van der Waals surface area (Å²) in [4.78, 5) is 10.6. The van der Waals surface area contributed by atoms with Gasteiger partial charge in [-0.1, -0.05) is 31.4 Å². The highest BCUT2D eigenvalue weighted by Crippen LogP contribution is 1.96. The molecule has 0 fully saturated rings. The average Bonchev–Trinajstić information content (AvgIpc) is 2.26. The Bertz CT molecular complexity index is 209. The summed E-state index contributed by atoms with van der Waals surface area (Å²) >= 11 is 0. The fourth-order valence-corrected chi connectivity index (χ4v) is 0.548. The predicted molar refractivity (Wildman–Crippen MR) is 57.0 cm³/mol. The molecule has 4 nitrogen and oxygen atoms in total. The molecule has 0 aromatic carbocycles. The Kier molecular flexibility index (Phi) is 12.2. The summed E-state index contributed by atoms with van der Waals surface area (Å²) < 4.78 is 4.76. The molecule has 0 unspecified atom stereocenters. The molecular weight excluding hydrogens is 182 g/mol. The number of allylic oxidation sites excluding steroid dienone is 2. The summed E-state index contributed by atoms with van der Waals surface area (Å²) in [6.45, 7) is 7.29. The lowest BCUT2D eigenvalue weighted by molar-refractivity contribution is 0.159. The monoisotopic (exact) mass is 199 g/mol. The van der Waals surface area contributed by atoms with E-state index >= 15 is 0 Å². The largest absolute Gasteiger partial charge is 0.445 e. The second-order valence-electron chi connectivity index (χ2n) is 2.01. The Hall–Kier alpha value is -1.55. The summed E-state index contributed by atoms with van der Waals surface area (Å²) in [5.41, 5.74) is 0.814. The van der Waals surface area contributed by atoms with Crippen molar-refractivity contribution in [2.24, 2.45) is 0 Å². The van der Waals surface area contributed by atoms with Crippen molar-refractivity contribution in [1.82, 2.24) is 5.32 Å². The van der Waals surface area contributed by atoms with Crippen LogP contribution in [0, 0.1) is 0 Å². The third kappa shape index (κ3) is 8.55. The third-order valence-electron chi connectivity index (χ3n) is 1.17. The number of ether oxygens (including phenoxy) is 1. The molecule has 0 atom stereocenters. The van der Waals surface area contributed by atoms with E-state index in [1.165, 1.54) is 7.05 Å². The molecule has 0 spiro atoms. The Morgan fingerprint density at radius 1 is 1.50 bits per heavy atom. The number of hydrogen-bond donors (Lipinski definition) is 2. The van der Waals surface area contributed by atoms with Crippen LogP contribution in [0.25, 0.3) is 0 Å². The van der Waals surface area contributed by atoms with E-state index in [4.69, 9.17) is 9.84 Å². The van der Waals surface area contributed by atoms with Gasteiger partial charge in [0.2, 0.25) is 0 Å². The van der Waals surface area contributed by atoms with E-state index in [-0.39, 0.29) is 6.61 Å². The molecule has 0 heterocycles. The second-order valence-corrected chi connectivity index (χ2v) is 2.01.